The molecule has 4 atom stereocenters. The number of rotatable bonds is 11. The van der Waals surface area contributed by atoms with Crippen molar-refractivity contribution >= 4 is 55.4 Å². The number of likely N-dealkylation sites (tertiary alicyclic amines) is 2. The van der Waals surface area contributed by atoms with Crippen LogP contribution in [0.5, 0.6) is 11.6 Å². The Labute approximate surface area is 410 Å². The molecule has 12 rings (SSSR count). The highest BCUT2D eigenvalue weighted by molar-refractivity contribution is 7.90. The summed E-state index contributed by atoms with van der Waals surface area (Å²) in [4.78, 5) is 42.7. The molecule has 0 unspecified atom stereocenters. The molecule has 4 saturated heterocycles. The third kappa shape index (κ3) is 8.29. The Morgan fingerprint density at radius 2 is 1.80 bits per heavy atom. The number of carbonyl (C=O) groups excluding carboxylic acids is 1. The molecule has 1 spiro atoms. The zero-order valence-corrected chi connectivity index (χ0v) is 40.4. The molecule has 1 aliphatic carbocycles. The van der Waals surface area contributed by atoms with Crippen molar-refractivity contribution in [1.29, 1.82) is 0 Å². The van der Waals surface area contributed by atoms with Crippen LogP contribution in [0.15, 0.2) is 77.8 Å². The summed E-state index contributed by atoms with van der Waals surface area (Å²) in [6, 6.07) is 20.3. The molecule has 3 N–H and O–H groups in total. The highest BCUT2D eigenvalue weighted by atomic mass is 32.2. The van der Waals surface area contributed by atoms with E-state index in [0.29, 0.717) is 47.4 Å². The maximum Gasteiger partial charge on any atom is 0.297 e. The van der Waals surface area contributed by atoms with E-state index >= 15 is 0 Å². The molecule has 1 amide bonds. The number of alkyl halides is 2. The monoisotopic (exact) mass is 993 g/mol. The Kier molecular flexibility index (Phi) is 11.2. The highest BCUT2D eigenvalue weighted by Crippen LogP contribution is 2.55. The van der Waals surface area contributed by atoms with Crippen LogP contribution >= 0.6 is 0 Å². The average molecular weight is 994 g/mol. The van der Waals surface area contributed by atoms with Gasteiger partial charge in [-0.15, -0.1) is 0 Å². The van der Waals surface area contributed by atoms with Crippen LogP contribution < -0.4 is 29.3 Å². The van der Waals surface area contributed by atoms with Crippen molar-refractivity contribution in [3.05, 3.63) is 99.7 Å². The predicted molar refractivity (Wildman–Crippen MR) is 262 cm³/mol. The van der Waals surface area contributed by atoms with E-state index < -0.39 is 55.5 Å². The standard InChI is InChI=1S/C51H57F2N9O8S/c1-30(2)36-6-3-4-7-37(36)39-8-5-15-60(39)34-22-50(23-34)28-59(29-50)33-9-10-38(40(19-33)61-42-18-31-11-14-54-47(31)56-49(42)70-45-27-68-26-43(45)61)48(63)57-71(66,67)35-20-41(62(64)65)46-44(21-35)69-25-32(55-46)24-58-16-12-51(52,53)13-17-58/h3-4,6-7,9-11,14,18-21,30,32,34,39,43,45,55H,5,8,12-13,15-17,22-29H2,1-2H3,(H,54,56)(H,57,63)/t32-,39+,43+,45+/m1/s1. The van der Waals surface area contributed by atoms with Crippen LogP contribution in [0.25, 0.3) is 11.0 Å². The van der Waals surface area contributed by atoms with Gasteiger partial charge in [0.05, 0.1) is 46.4 Å². The third-order valence-corrected chi connectivity index (χ3v) is 17.3. The summed E-state index contributed by atoms with van der Waals surface area (Å²) in [7, 11) is -4.75. The summed E-state index contributed by atoms with van der Waals surface area (Å²) in [6.45, 7) is 8.51. The lowest BCUT2D eigenvalue weighted by atomic mass is 9.60. The van der Waals surface area contributed by atoms with Gasteiger partial charge in [0.25, 0.3) is 27.5 Å². The van der Waals surface area contributed by atoms with Crippen molar-refractivity contribution in [2.24, 2.45) is 5.41 Å². The number of piperidine rings is 1. The van der Waals surface area contributed by atoms with Gasteiger partial charge in [-0.25, -0.2) is 21.9 Å². The smallest absolute Gasteiger partial charge is 0.297 e. The second-order valence-electron chi connectivity index (χ2n) is 21.0. The van der Waals surface area contributed by atoms with E-state index in [0.717, 1.165) is 55.7 Å². The number of hydrogen-bond acceptors (Lipinski definition) is 14. The van der Waals surface area contributed by atoms with E-state index in [-0.39, 0.29) is 68.2 Å². The molecule has 3 aromatic carbocycles. The predicted octanol–water partition coefficient (Wildman–Crippen LogP) is 7.72. The minimum atomic E-state index is -4.75. The van der Waals surface area contributed by atoms with Crippen molar-refractivity contribution in [2.45, 2.75) is 99.4 Å². The fourth-order valence-corrected chi connectivity index (χ4v) is 13.4. The number of ether oxygens (including phenoxy) is 3. The van der Waals surface area contributed by atoms with Gasteiger partial charge >= 0.3 is 0 Å². The number of nitrogens with zero attached hydrogens (tertiary/aromatic N) is 6. The number of nitrogens with one attached hydrogen (secondary N) is 3. The first-order chi connectivity index (χ1) is 34.1. The van der Waals surface area contributed by atoms with Gasteiger partial charge < -0.3 is 39.2 Å². The normalized spacial score (nSPS) is 24.9. The van der Waals surface area contributed by atoms with Crippen LogP contribution in [0.1, 0.15) is 85.8 Å². The first-order valence-corrected chi connectivity index (χ1v) is 26.2. The second-order valence-corrected chi connectivity index (χ2v) is 22.7. The maximum absolute atomic E-state index is 14.7. The van der Waals surface area contributed by atoms with Gasteiger partial charge in [-0.3, -0.25) is 19.8 Å². The fraction of sp³-hybridized carbons (Fsp3) is 0.490. The highest BCUT2D eigenvalue weighted by Gasteiger charge is 2.55. The lowest BCUT2D eigenvalue weighted by Crippen LogP contribution is -2.66. The summed E-state index contributed by atoms with van der Waals surface area (Å²) in [5.41, 5.74) is 5.03. The van der Waals surface area contributed by atoms with Crippen LogP contribution in [0.4, 0.5) is 37.2 Å². The molecule has 17 nitrogen and oxygen atoms in total. The Hall–Kier alpha value is -6.09. The SMILES string of the molecule is CC(C)c1ccccc1[C@@H]1CCCN1C1CC2(C1)CN(c1ccc(C(=O)NS(=O)(=O)c3cc4c(c([N+](=O)[O-])c3)N[C@H](CN3CCC(F)(F)CC3)CO4)c(N3c4cc5cc[nH]c5nc4O[C@H]4COC[C@@H]43)c1)C2. The minimum absolute atomic E-state index is 0.00449. The minimum Gasteiger partial charge on any atom is -0.489 e. The summed E-state index contributed by atoms with van der Waals surface area (Å²) in [6.07, 6.45) is 5.34. The van der Waals surface area contributed by atoms with Crippen molar-refractivity contribution < 1.29 is 41.1 Å². The number of benzene rings is 3. The summed E-state index contributed by atoms with van der Waals surface area (Å²) >= 11 is 0. The number of hydrogen-bond donors (Lipinski definition) is 3. The largest absolute Gasteiger partial charge is 0.489 e. The summed E-state index contributed by atoms with van der Waals surface area (Å²) < 4.78 is 76.7. The van der Waals surface area contributed by atoms with Crippen molar-refractivity contribution in [2.75, 3.05) is 74.2 Å². The number of nitro groups is 1. The third-order valence-electron chi connectivity index (χ3n) is 16.0. The molecule has 1 saturated carbocycles. The molecule has 5 fully saturated rings. The number of aromatic amines is 1. The molecule has 2 aromatic heterocycles. The van der Waals surface area contributed by atoms with Crippen LogP contribution in [-0.4, -0.2) is 128 Å². The molecule has 5 aromatic rings. The number of aromatic nitrogens is 2. The quantitative estimate of drug-likeness (QED) is 0.0862. The van der Waals surface area contributed by atoms with Crippen molar-refractivity contribution in [1.82, 2.24) is 24.5 Å². The van der Waals surface area contributed by atoms with Gasteiger partial charge in [-0.2, -0.15) is 4.98 Å². The molecule has 71 heavy (non-hydrogen) atoms. The maximum atomic E-state index is 14.7. The molecule has 8 heterocycles. The van der Waals surface area contributed by atoms with Gasteiger partial charge in [0, 0.05) is 92.5 Å². The Balaban J connectivity index is 0.822. The molecule has 0 bridgehead atoms. The number of nitro benzene ring substituents is 1. The Bertz CT molecular complexity index is 3040. The van der Waals surface area contributed by atoms with Gasteiger partial charge in [0.2, 0.25) is 5.88 Å². The average Bonchev–Trinajstić information content (AvgIpc) is 4.11. The van der Waals surface area contributed by atoms with Crippen LogP contribution in [0.2, 0.25) is 0 Å². The molecule has 20 heteroatoms. The lowest BCUT2D eigenvalue weighted by molar-refractivity contribution is -0.384. The number of halogens is 2. The van der Waals surface area contributed by atoms with Crippen molar-refractivity contribution in [3.63, 3.8) is 0 Å². The van der Waals surface area contributed by atoms with Crippen molar-refractivity contribution in [3.8, 4) is 11.6 Å². The van der Waals surface area contributed by atoms with Crippen LogP contribution in [-0.2, 0) is 14.8 Å². The van der Waals surface area contributed by atoms with E-state index in [9.17, 15) is 32.1 Å². The van der Waals surface area contributed by atoms with E-state index in [1.165, 1.54) is 24.0 Å². The summed E-state index contributed by atoms with van der Waals surface area (Å²) in [5.74, 6) is -2.96. The first kappa shape index (κ1) is 46.0. The molecule has 7 aliphatic rings. The zero-order valence-electron chi connectivity index (χ0n) is 39.6. The van der Waals surface area contributed by atoms with Gasteiger partial charge in [-0.05, 0) is 79.6 Å². The zero-order chi connectivity index (χ0) is 49.0. The van der Waals surface area contributed by atoms with Gasteiger partial charge in [-0.1, -0.05) is 38.1 Å². The van der Waals surface area contributed by atoms with Gasteiger partial charge in [0.15, 0.2) is 11.4 Å². The molecule has 374 valence electrons. The number of H-pyrrole nitrogens is 1. The van der Waals surface area contributed by atoms with Crippen LogP contribution in [0.3, 0.4) is 0 Å². The summed E-state index contributed by atoms with van der Waals surface area (Å²) in [5, 5.41) is 16.4. The van der Waals surface area contributed by atoms with Crippen LogP contribution in [0, 0.1) is 15.5 Å². The number of pyridine rings is 1. The Morgan fingerprint density at radius 3 is 2.59 bits per heavy atom. The second kappa shape index (κ2) is 17.3. The number of sulfonamides is 1. The number of fused-ring (bicyclic) bond motifs is 4. The van der Waals surface area contributed by atoms with Gasteiger partial charge in [0.1, 0.15) is 24.0 Å². The molecular weight excluding hydrogens is 937 g/mol. The van der Waals surface area contributed by atoms with E-state index in [2.05, 4.69) is 62.9 Å². The first-order valence-electron chi connectivity index (χ1n) is 24.8. The lowest BCUT2D eigenvalue weighted by Gasteiger charge is -2.62. The number of anilines is 4. The van der Waals surface area contributed by atoms with E-state index in [1.54, 1.807) is 12.3 Å². The topological polar surface area (TPSA) is 188 Å². The van der Waals surface area contributed by atoms with E-state index in [1.807, 2.05) is 34.1 Å². The molecule has 0 radical (unpaired) electrons. The molecule has 6 aliphatic heterocycles. The molecular formula is C51H57F2N9O8S. The van der Waals surface area contributed by atoms with E-state index in [4.69, 9.17) is 19.2 Å². The fourth-order valence-electron chi connectivity index (χ4n) is 12.4. The number of amides is 1. The number of carbonyl (C=O) groups is 1. The Morgan fingerprint density at radius 1 is 1.00 bits per heavy atom.